The van der Waals surface area contributed by atoms with Crippen molar-refractivity contribution in [3.05, 3.63) is 23.2 Å². The molecule has 0 spiro atoms. The van der Waals surface area contributed by atoms with E-state index in [9.17, 15) is 9.90 Å². The van der Waals surface area contributed by atoms with Gasteiger partial charge in [-0.1, -0.05) is 18.5 Å². The van der Waals surface area contributed by atoms with E-state index in [1.807, 2.05) is 27.7 Å². The first-order valence-corrected chi connectivity index (χ1v) is 6.61. The maximum absolute atomic E-state index is 12.1. The maximum Gasteiger partial charge on any atom is 0.414 e. The van der Waals surface area contributed by atoms with Gasteiger partial charge in [0.25, 0.3) is 0 Å². The summed E-state index contributed by atoms with van der Waals surface area (Å²) in [5.74, 6) is -0.00828. The van der Waals surface area contributed by atoms with E-state index in [2.05, 4.69) is 0 Å². The number of hydrogen-bond acceptors (Lipinski definition) is 3. The van der Waals surface area contributed by atoms with Gasteiger partial charge < -0.3 is 9.84 Å². The van der Waals surface area contributed by atoms with E-state index in [1.54, 1.807) is 12.1 Å². The molecule has 0 atom stereocenters. The molecule has 1 aromatic rings. The number of aromatic hydroxyl groups is 1. The number of rotatable bonds is 3. The molecule has 0 aliphatic carbocycles. The quantitative estimate of drug-likeness (QED) is 0.905. The Morgan fingerprint density at radius 3 is 2.53 bits per heavy atom. The Labute approximate surface area is 118 Å². The lowest BCUT2D eigenvalue weighted by molar-refractivity contribution is 0.0580. The topological polar surface area (TPSA) is 49.8 Å². The Morgan fingerprint density at radius 1 is 1.42 bits per heavy atom. The van der Waals surface area contributed by atoms with E-state index in [1.165, 1.54) is 11.0 Å². The van der Waals surface area contributed by atoms with Gasteiger partial charge in [-0.05, 0) is 45.4 Å². The van der Waals surface area contributed by atoms with Gasteiger partial charge >= 0.3 is 6.09 Å². The van der Waals surface area contributed by atoms with Gasteiger partial charge in [0.2, 0.25) is 0 Å². The SMILES string of the molecule is CCCN(C(=O)OC(C)(C)C)c1ccc(O)c(Cl)c1. The van der Waals surface area contributed by atoms with E-state index in [-0.39, 0.29) is 10.8 Å². The van der Waals surface area contributed by atoms with Crippen LogP contribution in [0.5, 0.6) is 5.75 Å². The third kappa shape index (κ3) is 4.63. The molecule has 0 aliphatic rings. The first kappa shape index (κ1) is 15.6. The van der Waals surface area contributed by atoms with E-state index in [0.717, 1.165) is 6.42 Å². The molecule has 0 saturated heterocycles. The first-order valence-electron chi connectivity index (χ1n) is 6.23. The molecule has 0 heterocycles. The van der Waals surface area contributed by atoms with Crippen molar-refractivity contribution in [1.29, 1.82) is 0 Å². The summed E-state index contributed by atoms with van der Waals surface area (Å²) in [6.45, 7) is 7.95. The van der Waals surface area contributed by atoms with Crippen LogP contribution in [0.3, 0.4) is 0 Å². The van der Waals surface area contributed by atoms with Crippen molar-refractivity contribution in [2.45, 2.75) is 39.7 Å². The lowest BCUT2D eigenvalue weighted by Gasteiger charge is -2.27. The Morgan fingerprint density at radius 2 is 2.05 bits per heavy atom. The minimum Gasteiger partial charge on any atom is -0.506 e. The number of nitrogens with zero attached hydrogens (tertiary/aromatic N) is 1. The summed E-state index contributed by atoms with van der Waals surface area (Å²) in [7, 11) is 0. The maximum atomic E-state index is 12.1. The second-order valence-electron chi connectivity index (χ2n) is 5.27. The minimum absolute atomic E-state index is 0.00828. The summed E-state index contributed by atoms with van der Waals surface area (Å²) >= 11 is 5.87. The van der Waals surface area contributed by atoms with Crippen molar-refractivity contribution in [1.82, 2.24) is 0 Å². The number of hydrogen-bond donors (Lipinski definition) is 1. The van der Waals surface area contributed by atoms with E-state index < -0.39 is 11.7 Å². The van der Waals surface area contributed by atoms with Crippen LogP contribution in [-0.2, 0) is 4.74 Å². The molecule has 0 fully saturated rings. The van der Waals surface area contributed by atoms with E-state index in [0.29, 0.717) is 12.2 Å². The Kier molecular flexibility index (Phi) is 5.06. The highest BCUT2D eigenvalue weighted by Gasteiger charge is 2.23. The monoisotopic (exact) mass is 285 g/mol. The van der Waals surface area contributed by atoms with Gasteiger partial charge in [-0.3, -0.25) is 4.90 Å². The standard InChI is InChI=1S/C14H20ClNO3/c1-5-8-16(13(18)19-14(2,3)4)10-6-7-12(17)11(15)9-10/h6-7,9,17H,5,8H2,1-4H3. The van der Waals surface area contributed by atoms with Crippen LogP contribution in [0.4, 0.5) is 10.5 Å². The van der Waals surface area contributed by atoms with Gasteiger partial charge in [0, 0.05) is 12.2 Å². The summed E-state index contributed by atoms with van der Waals surface area (Å²) in [6.07, 6.45) is 0.369. The summed E-state index contributed by atoms with van der Waals surface area (Å²) in [5.41, 5.74) is 0.0583. The van der Waals surface area contributed by atoms with Crippen LogP contribution < -0.4 is 4.90 Å². The first-order chi connectivity index (χ1) is 8.74. The van der Waals surface area contributed by atoms with Crippen molar-refractivity contribution in [2.75, 3.05) is 11.4 Å². The third-order valence-corrected chi connectivity index (χ3v) is 2.61. The molecule has 0 aromatic heterocycles. The average molecular weight is 286 g/mol. The number of ether oxygens (including phenoxy) is 1. The van der Waals surface area contributed by atoms with Crippen LogP contribution in [0.25, 0.3) is 0 Å². The van der Waals surface area contributed by atoms with Crippen molar-refractivity contribution in [3.8, 4) is 5.75 Å². The molecule has 4 nitrogen and oxygen atoms in total. The van der Waals surface area contributed by atoms with Crippen LogP contribution in [-0.4, -0.2) is 23.3 Å². The van der Waals surface area contributed by atoms with E-state index in [4.69, 9.17) is 16.3 Å². The lowest BCUT2D eigenvalue weighted by Crippen LogP contribution is -2.37. The molecule has 1 rings (SSSR count). The van der Waals surface area contributed by atoms with Gasteiger partial charge in [0.15, 0.2) is 0 Å². The zero-order valence-electron chi connectivity index (χ0n) is 11.7. The smallest absolute Gasteiger partial charge is 0.414 e. The Hall–Kier alpha value is -1.42. The van der Waals surface area contributed by atoms with Gasteiger partial charge in [0.1, 0.15) is 11.4 Å². The largest absolute Gasteiger partial charge is 0.506 e. The molecule has 0 unspecified atom stereocenters. The van der Waals surface area contributed by atoms with E-state index >= 15 is 0 Å². The van der Waals surface area contributed by atoms with Crippen LogP contribution in [0.2, 0.25) is 5.02 Å². The average Bonchev–Trinajstić information content (AvgIpc) is 2.27. The van der Waals surface area contributed by atoms with Crippen LogP contribution >= 0.6 is 11.6 Å². The molecule has 0 radical (unpaired) electrons. The molecule has 19 heavy (non-hydrogen) atoms. The fourth-order valence-electron chi connectivity index (χ4n) is 1.53. The number of anilines is 1. The molecular formula is C14H20ClNO3. The van der Waals surface area contributed by atoms with Gasteiger partial charge in [-0.25, -0.2) is 4.79 Å². The third-order valence-electron chi connectivity index (χ3n) is 2.30. The highest BCUT2D eigenvalue weighted by atomic mass is 35.5. The predicted molar refractivity (Wildman–Crippen MR) is 77.0 cm³/mol. The van der Waals surface area contributed by atoms with Crippen molar-refractivity contribution < 1.29 is 14.6 Å². The number of carbonyl (C=O) groups excluding carboxylic acids is 1. The fourth-order valence-corrected chi connectivity index (χ4v) is 1.70. The van der Waals surface area contributed by atoms with Crippen LogP contribution in [0.15, 0.2) is 18.2 Å². The second kappa shape index (κ2) is 6.15. The molecule has 0 saturated carbocycles. The molecule has 0 aliphatic heterocycles. The Balaban J connectivity index is 2.99. The number of amides is 1. The summed E-state index contributed by atoms with van der Waals surface area (Å²) in [4.78, 5) is 13.7. The highest BCUT2D eigenvalue weighted by Crippen LogP contribution is 2.29. The van der Waals surface area contributed by atoms with Crippen LogP contribution in [0.1, 0.15) is 34.1 Å². The molecule has 1 amide bonds. The zero-order valence-corrected chi connectivity index (χ0v) is 12.5. The van der Waals surface area contributed by atoms with Crippen LogP contribution in [0, 0.1) is 0 Å². The van der Waals surface area contributed by atoms with Gasteiger partial charge in [0.05, 0.1) is 5.02 Å². The normalized spacial score (nSPS) is 11.2. The number of halogens is 1. The van der Waals surface area contributed by atoms with Gasteiger partial charge in [-0.15, -0.1) is 0 Å². The Bertz CT molecular complexity index is 454. The predicted octanol–water partition coefficient (Wildman–Crippen LogP) is 4.20. The minimum atomic E-state index is -0.552. The van der Waals surface area contributed by atoms with Crippen molar-refractivity contribution in [3.63, 3.8) is 0 Å². The summed E-state index contributed by atoms with van der Waals surface area (Å²) in [5, 5.41) is 9.62. The summed E-state index contributed by atoms with van der Waals surface area (Å²) in [6, 6.07) is 4.65. The fraction of sp³-hybridized carbons (Fsp3) is 0.500. The van der Waals surface area contributed by atoms with Gasteiger partial charge in [-0.2, -0.15) is 0 Å². The molecule has 1 N–H and O–H groups in total. The summed E-state index contributed by atoms with van der Waals surface area (Å²) < 4.78 is 5.36. The molecular weight excluding hydrogens is 266 g/mol. The van der Waals surface area contributed by atoms with Crippen molar-refractivity contribution in [2.24, 2.45) is 0 Å². The molecule has 106 valence electrons. The van der Waals surface area contributed by atoms with Crippen molar-refractivity contribution >= 4 is 23.4 Å². The number of phenolic OH excluding ortho intramolecular Hbond substituents is 1. The molecule has 0 bridgehead atoms. The number of phenols is 1. The number of carbonyl (C=O) groups is 1. The lowest BCUT2D eigenvalue weighted by atomic mass is 10.2. The molecule has 1 aromatic carbocycles. The zero-order chi connectivity index (χ0) is 14.6. The second-order valence-corrected chi connectivity index (χ2v) is 5.67. The molecule has 5 heteroatoms. The highest BCUT2D eigenvalue weighted by molar-refractivity contribution is 6.32. The number of benzene rings is 1.